The summed E-state index contributed by atoms with van der Waals surface area (Å²) in [5.74, 6) is 0.249. The number of carbonyl (C=O) groups excluding carboxylic acids is 2. The number of H-pyrrole nitrogens is 1. The van der Waals surface area contributed by atoms with Gasteiger partial charge < -0.3 is 15.6 Å². The Kier molecular flexibility index (Phi) is 4.74. The number of nitrogens with zero attached hydrogens (tertiary/aromatic N) is 3. The number of thiophene rings is 1. The van der Waals surface area contributed by atoms with E-state index in [9.17, 15) is 9.59 Å². The fourth-order valence-electron chi connectivity index (χ4n) is 4.74. The molecule has 33 heavy (non-hydrogen) atoms. The first-order chi connectivity index (χ1) is 16.1. The van der Waals surface area contributed by atoms with Crippen LogP contribution >= 0.6 is 11.3 Å². The first-order valence-electron chi connectivity index (χ1n) is 11.0. The van der Waals surface area contributed by atoms with Crippen LogP contribution in [0.1, 0.15) is 24.1 Å². The van der Waals surface area contributed by atoms with Crippen molar-refractivity contribution in [3.63, 3.8) is 0 Å². The first kappa shape index (κ1) is 20.1. The van der Waals surface area contributed by atoms with Crippen LogP contribution < -0.4 is 16.0 Å². The van der Waals surface area contributed by atoms with Gasteiger partial charge in [-0.1, -0.05) is 18.2 Å². The van der Waals surface area contributed by atoms with Crippen molar-refractivity contribution < 1.29 is 9.59 Å². The zero-order valence-electron chi connectivity index (χ0n) is 17.8. The van der Waals surface area contributed by atoms with E-state index in [1.165, 1.54) is 11.3 Å². The molecule has 0 spiro atoms. The normalized spacial score (nSPS) is 17.5. The van der Waals surface area contributed by atoms with Crippen LogP contribution in [0.25, 0.3) is 32.3 Å². The molecule has 3 aromatic heterocycles. The number of benzene rings is 1. The number of nitrogens with one attached hydrogen (secondary N) is 2. The standard InChI is InChI=1S/C24H22N6O2S/c25-11-13-5-8-30(9-6-13)24-27-16-4-2-1-3-14(16)20(28-24)19-18(22(31)29-23(19)32)15-12-26-17-7-10-33-21(15)17/h1-4,7,10,12-13,26H,5-6,8-9,11,25H2,(H,29,31,32). The highest BCUT2D eigenvalue weighted by Gasteiger charge is 2.36. The molecule has 6 rings (SSSR count). The van der Waals surface area contributed by atoms with E-state index in [1.54, 1.807) is 6.20 Å². The number of anilines is 1. The Balaban J connectivity index is 1.56. The van der Waals surface area contributed by atoms with Crippen molar-refractivity contribution in [2.24, 2.45) is 11.7 Å². The third-order valence-corrected chi connectivity index (χ3v) is 7.49. The predicted octanol–water partition coefficient (Wildman–Crippen LogP) is 2.91. The molecule has 0 bridgehead atoms. The van der Waals surface area contributed by atoms with Crippen molar-refractivity contribution in [3.05, 3.63) is 53.2 Å². The summed E-state index contributed by atoms with van der Waals surface area (Å²) in [5, 5.41) is 5.19. The van der Waals surface area contributed by atoms with Crippen LogP contribution in [0.2, 0.25) is 0 Å². The second-order valence-electron chi connectivity index (χ2n) is 8.45. The van der Waals surface area contributed by atoms with Gasteiger partial charge in [-0.25, -0.2) is 9.97 Å². The molecule has 5 heterocycles. The number of aromatic amines is 1. The second kappa shape index (κ2) is 7.79. The lowest BCUT2D eigenvalue weighted by Gasteiger charge is -2.31. The number of rotatable bonds is 4. The number of fused-ring (bicyclic) bond motifs is 2. The summed E-state index contributed by atoms with van der Waals surface area (Å²) in [6, 6.07) is 9.58. The van der Waals surface area contributed by atoms with Crippen molar-refractivity contribution in [2.75, 3.05) is 24.5 Å². The predicted molar refractivity (Wildman–Crippen MR) is 130 cm³/mol. The minimum atomic E-state index is -0.433. The van der Waals surface area contributed by atoms with Crippen LogP contribution in [0.5, 0.6) is 0 Å². The molecule has 4 aromatic rings. The van der Waals surface area contributed by atoms with E-state index < -0.39 is 11.8 Å². The average molecular weight is 459 g/mol. The third kappa shape index (κ3) is 3.23. The Bertz CT molecular complexity index is 1440. The highest BCUT2D eigenvalue weighted by atomic mass is 32.1. The van der Waals surface area contributed by atoms with Gasteiger partial charge in [0.1, 0.15) is 0 Å². The van der Waals surface area contributed by atoms with Gasteiger partial charge in [-0.2, -0.15) is 0 Å². The lowest BCUT2D eigenvalue weighted by Crippen LogP contribution is -2.37. The quantitative estimate of drug-likeness (QED) is 0.405. The summed E-state index contributed by atoms with van der Waals surface area (Å²) in [5.41, 5.74) is 9.39. The second-order valence-corrected chi connectivity index (χ2v) is 9.37. The van der Waals surface area contributed by atoms with Crippen LogP contribution in [0.3, 0.4) is 0 Å². The average Bonchev–Trinajstić information content (AvgIpc) is 3.53. The van der Waals surface area contributed by atoms with Gasteiger partial charge in [0.25, 0.3) is 11.8 Å². The Hall–Kier alpha value is -3.56. The zero-order chi connectivity index (χ0) is 22.5. The van der Waals surface area contributed by atoms with Gasteiger partial charge in [0, 0.05) is 30.2 Å². The molecule has 0 unspecified atom stereocenters. The summed E-state index contributed by atoms with van der Waals surface area (Å²) in [4.78, 5) is 41.1. The van der Waals surface area contributed by atoms with Crippen LogP contribution in [0.15, 0.2) is 41.9 Å². The number of carbonyl (C=O) groups is 2. The third-order valence-electron chi connectivity index (χ3n) is 6.54. The van der Waals surface area contributed by atoms with Gasteiger partial charge >= 0.3 is 0 Å². The smallest absolute Gasteiger partial charge is 0.261 e. The molecule has 0 radical (unpaired) electrons. The maximum atomic E-state index is 13.1. The monoisotopic (exact) mass is 458 g/mol. The molecule has 1 saturated heterocycles. The number of imide groups is 1. The van der Waals surface area contributed by atoms with Crippen molar-refractivity contribution in [3.8, 4) is 0 Å². The maximum Gasteiger partial charge on any atom is 0.261 e. The number of hydrogen-bond acceptors (Lipinski definition) is 7. The molecule has 1 aromatic carbocycles. The molecular weight excluding hydrogens is 436 g/mol. The van der Waals surface area contributed by atoms with Crippen molar-refractivity contribution in [1.82, 2.24) is 20.3 Å². The summed E-state index contributed by atoms with van der Waals surface area (Å²) >= 11 is 1.53. The Labute approximate surface area is 193 Å². The van der Waals surface area contributed by atoms with Gasteiger partial charge in [-0.3, -0.25) is 14.9 Å². The number of aromatic nitrogens is 3. The number of hydrogen-bond donors (Lipinski definition) is 3. The summed E-state index contributed by atoms with van der Waals surface area (Å²) < 4.78 is 0.940. The molecule has 2 amide bonds. The molecule has 1 fully saturated rings. The highest BCUT2D eigenvalue weighted by Crippen LogP contribution is 2.38. The van der Waals surface area contributed by atoms with E-state index in [2.05, 4.69) is 15.2 Å². The lowest BCUT2D eigenvalue weighted by molar-refractivity contribution is -0.122. The van der Waals surface area contributed by atoms with E-state index >= 15 is 0 Å². The highest BCUT2D eigenvalue weighted by molar-refractivity contribution is 7.17. The fourth-order valence-corrected chi connectivity index (χ4v) is 5.62. The lowest BCUT2D eigenvalue weighted by atomic mass is 9.97. The fraction of sp³-hybridized carbons (Fsp3) is 0.250. The van der Waals surface area contributed by atoms with Crippen LogP contribution in [0.4, 0.5) is 5.95 Å². The first-order valence-corrected chi connectivity index (χ1v) is 11.9. The van der Waals surface area contributed by atoms with Gasteiger partial charge in [-0.15, -0.1) is 11.3 Å². The largest absolute Gasteiger partial charge is 0.360 e. The molecule has 4 N–H and O–H groups in total. The van der Waals surface area contributed by atoms with E-state index in [-0.39, 0.29) is 0 Å². The summed E-state index contributed by atoms with van der Waals surface area (Å²) in [7, 11) is 0. The molecule has 2 aliphatic heterocycles. The van der Waals surface area contributed by atoms with E-state index in [0.717, 1.165) is 47.1 Å². The van der Waals surface area contributed by atoms with Gasteiger partial charge in [0.15, 0.2) is 0 Å². The topological polar surface area (TPSA) is 117 Å². The summed E-state index contributed by atoms with van der Waals surface area (Å²) in [6.45, 7) is 2.30. The maximum absolute atomic E-state index is 13.1. The minimum Gasteiger partial charge on any atom is -0.360 e. The number of amides is 2. The molecule has 0 aliphatic carbocycles. The Morgan fingerprint density at radius 1 is 1.06 bits per heavy atom. The van der Waals surface area contributed by atoms with Crippen LogP contribution in [-0.2, 0) is 9.59 Å². The van der Waals surface area contributed by atoms with E-state index in [0.29, 0.717) is 40.8 Å². The number of piperidine rings is 1. The van der Waals surface area contributed by atoms with Gasteiger partial charge in [-0.05, 0) is 42.8 Å². The van der Waals surface area contributed by atoms with Crippen LogP contribution in [-0.4, -0.2) is 46.4 Å². The van der Waals surface area contributed by atoms with E-state index in [1.807, 2.05) is 35.7 Å². The van der Waals surface area contributed by atoms with Gasteiger partial charge in [0.2, 0.25) is 5.95 Å². The van der Waals surface area contributed by atoms with Crippen molar-refractivity contribution >= 4 is 61.4 Å². The molecular formula is C24H22N6O2S. The Morgan fingerprint density at radius 2 is 1.85 bits per heavy atom. The Morgan fingerprint density at radius 3 is 2.67 bits per heavy atom. The van der Waals surface area contributed by atoms with E-state index in [4.69, 9.17) is 15.7 Å². The zero-order valence-corrected chi connectivity index (χ0v) is 18.6. The molecule has 9 heteroatoms. The SMILES string of the molecule is NCC1CCN(c2nc(C3=C(c4c[nH]c5ccsc45)C(=O)NC3=O)c3ccccc3n2)CC1. The molecule has 8 nitrogen and oxygen atoms in total. The van der Waals surface area contributed by atoms with Crippen LogP contribution in [0, 0.1) is 5.92 Å². The molecule has 0 saturated carbocycles. The minimum absolute atomic E-state index is 0.297. The van der Waals surface area contributed by atoms with Crippen molar-refractivity contribution in [2.45, 2.75) is 12.8 Å². The van der Waals surface area contributed by atoms with Crippen molar-refractivity contribution in [1.29, 1.82) is 0 Å². The number of nitrogens with two attached hydrogens (primary N) is 1. The molecule has 166 valence electrons. The number of para-hydroxylation sites is 1. The molecule has 0 atom stereocenters. The molecule has 2 aliphatic rings. The van der Waals surface area contributed by atoms with Gasteiger partial charge in [0.05, 0.1) is 32.6 Å². The summed E-state index contributed by atoms with van der Waals surface area (Å²) in [6.07, 6.45) is 3.75.